The summed E-state index contributed by atoms with van der Waals surface area (Å²) in [6.45, 7) is 1.94. The molecule has 1 amide bonds. The average molecular weight is 400 g/mol. The molecular formula is C18H14N3O4S2-. The number of hydrogen-bond acceptors (Lipinski definition) is 6. The second-order valence-corrected chi connectivity index (χ2v) is 7.49. The number of aromatic nitrogens is 1. The first-order chi connectivity index (χ1) is 13.0. The first-order valence-electron chi connectivity index (χ1n) is 7.99. The van der Waals surface area contributed by atoms with Gasteiger partial charge in [-0.15, -0.1) is 11.3 Å². The summed E-state index contributed by atoms with van der Waals surface area (Å²) in [7, 11) is 0. The molecule has 0 bridgehead atoms. The standard InChI is InChI=1S/C18H15N3O4S2/c1-10-5-12(7-14-17(10)25-8-16(22)19-14)15-9-26-18(20-15)11-3-2-4-13(6-11)21-27(23)24/h2-7,9,21H,8H2,1H3,(H,19,22)(H,23,24)/p-1. The van der Waals surface area contributed by atoms with Gasteiger partial charge in [-0.2, -0.15) is 0 Å². The van der Waals surface area contributed by atoms with Crippen molar-refractivity contribution in [1.82, 2.24) is 4.98 Å². The maximum absolute atomic E-state index is 11.6. The Morgan fingerprint density at radius 3 is 2.96 bits per heavy atom. The second kappa shape index (κ2) is 7.10. The number of carbonyl (C=O) groups is 1. The van der Waals surface area contributed by atoms with E-state index in [0.717, 1.165) is 27.4 Å². The topological polar surface area (TPSA) is 103 Å². The lowest BCUT2D eigenvalue weighted by Crippen LogP contribution is -2.25. The van der Waals surface area contributed by atoms with Gasteiger partial charge >= 0.3 is 0 Å². The molecule has 1 aromatic heterocycles. The van der Waals surface area contributed by atoms with E-state index in [1.54, 1.807) is 18.2 Å². The van der Waals surface area contributed by atoms with Crippen LogP contribution in [0.1, 0.15) is 5.56 Å². The Labute approximate surface area is 161 Å². The molecule has 7 nitrogen and oxygen atoms in total. The summed E-state index contributed by atoms with van der Waals surface area (Å²) in [6, 6.07) is 10.8. The molecule has 2 heterocycles. The van der Waals surface area contributed by atoms with Gasteiger partial charge in [-0.1, -0.05) is 12.1 Å². The summed E-state index contributed by atoms with van der Waals surface area (Å²) in [5.41, 5.74) is 4.48. The molecule has 2 N–H and O–H groups in total. The van der Waals surface area contributed by atoms with Crippen LogP contribution in [0.25, 0.3) is 21.8 Å². The SMILES string of the molecule is Cc1cc(-c2csc(-c3cccc(NS(=O)[O-])c3)n2)cc2c1OCC(=O)N2. The molecular weight excluding hydrogens is 386 g/mol. The molecule has 3 aromatic rings. The van der Waals surface area contributed by atoms with Gasteiger partial charge in [-0.25, -0.2) is 4.98 Å². The number of amides is 1. The van der Waals surface area contributed by atoms with Crippen LogP contribution < -0.4 is 14.8 Å². The third kappa shape index (κ3) is 3.70. The third-order valence-corrected chi connectivity index (χ3v) is 5.30. The number of anilines is 2. The van der Waals surface area contributed by atoms with E-state index in [-0.39, 0.29) is 12.5 Å². The highest BCUT2D eigenvalue weighted by molar-refractivity contribution is 7.80. The Morgan fingerprint density at radius 1 is 1.30 bits per heavy atom. The third-order valence-electron chi connectivity index (χ3n) is 4.01. The number of nitrogens with one attached hydrogen (secondary N) is 2. The van der Waals surface area contributed by atoms with Gasteiger partial charge in [0.1, 0.15) is 10.8 Å². The number of rotatable bonds is 4. The smallest absolute Gasteiger partial charge is 0.262 e. The van der Waals surface area contributed by atoms with Crippen LogP contribution in [0.15, 0.2) is 41.8 Å². The van der Waals surface area contributed by atoms with Gasteiger partial charge in [0.15, 0.2) is 6.61 Å². The molecule has 1 aliphatic rings. The van der Waals surface area contributed by atoms with Crippen LogP contribution in [0.5, 0.6) is 5.75 Å². The fourth-order valence-electron chi connectivity index (χ4n) is 2.88. The fraction of sp³-hybridized carbons (Fsp3) is 0.111. The highest BCUT2D eigenvalue weighted by atomic mass is 32.2. The molecule has 0 saturated carbocycles. The lowest BCUT2D eigenvalue weighted by molar-refractivity contribution is -0.118. The van der Waals surface area contributed by atoms with E-state index in [4.69, 9.17) is 4.74 Å². The summed E-state index contributed by atoms with van der Waals surface area (Å²) < 4.78 is 29.5. The van der Waals surface area contributed by atoms with E-state index in [1.807, 2.05) is 30.5 Å². The number of benzene rings is 2. The van der Waals surface area contributed by atoms with Crippen LogP contribution in [0.3, 0.4) is 0 Å². The zero-order chi connectivity index (χ0) is 19.0. The van der Waals surface area contributed by atoms with Crippen molar-refractivity contribution in [3.8, 4) is 27.6 Å². The normalized spacial score (nSPS) is 14.1. The highest BCUT2D eigenvalue weighted by Gasteiger charge is 2.20. The molecule has 2 aromatic carbocycles. The Balaban J connectivity index is 1.67. The zero-order valence-electron chi connectivity index (χ0n) is 14.1. The molecule has 0 fully saturated rings. The van der Waals surface area contributed by atoms with Gasteiger partial charge in [0.2, 0.25) is 0 Å². The lowest BCUT2D eigenvalue weighted by Gasteiger charge is -2.20. The van der Waals surface area contributed by atoms with Crippen LogP contribution in [0, 0.1) is 6.92 Å². The summed E-state index contributed by atoms with van der Waals surface area (Å²) in [6.07, 6.45) is 0. The van der Waals surface area contributed by atoms with Crippen molar-refractivity contribution in [2.45, 2.75) is 6.92 Å². The van der Waals surface area contributed by atoms with E-state index in [9.17, 15) is 13.6 Å². The number of carbonyl (C=O) groups excluding carboxylic acids is 1. The van der Waals surface area contributed by atoms with Gasteiger partial charge in [0, 0.05) is 33.5 Å². The minimum absolute atomic E-state index is 0.0204. The first-order valence-corrected chi connectivity index (χ1v) is 9.94. The zero-order valence-corrected chi connectivity index (χ0v) is 15.8. The minimum Gasteiger partial charge on any atom is -0.755 e. The fourth-order valence-corrected chi connectivity index (χ4v) is 4.03. The van der Waals surface area contributed by atoms with Gasteiger partial charge in [-0.05, 0) is 36.8 Å². The van der Waals surface area contributed by atoms with Crippen LogP contribution in [-0.4, -0.2) is 26.3 Å². The van der Waals surface area contributed by atoms with E-state index in [1.165, 1.54) is 11.3 Å². The monoisotopic (exact) mass is 400 g/mol. The number of ether oxygens (including phenoxy) is 1. The Morgan fingerprint density at radius 2 is 2.15 bits per heavy atom. The maximum Gasteiger partial charge on any atom is 0.262 e. The minimum atomic E-state index is -2.38. The second-order valence-electron chi connectivity index (χ2n) is 5.96. The van der Waals surface area contributed by atoms with Crippen molar-refractivity contribution in [3.63, 3.8) is 0 Å². The number of fused-ring (bicyclic) bond motifs is 1. The summed E-state index contributed by atoms with van der Waals surface area (Å²) >= 11 is -0.919. The van der Waals surface area contributed by atoms with Crippen LogP contribution in [0.2, 0.25) is 0 Å². The van der Waals surface area contributed by atoms with Crippen molar-refractivity contribution in [3.05, 3.63) is 47.3 Å². The molecule has 0 radical (unpaired) electrons. The molecule has 4 rings (SSSR count). The Hall–Kier alpha value is -2.75. The molecule has 0 aliphatic carbocycles. The number of hydrogen-bond donors (Lipinski definition) is 2. The highest BCUT2D eigenvalue weighted by Crippen LogP contribution is 2.37. The number of nitrogens with zero attached hydrogens (tertiary/aromatic N) is 1. The molecule has 1 aliphatic heterocycles. The molecule has 0 spiro atoms. The molecule has 1 unspecified atom stereocenters. The van der Waals surface area contributed by atoms with Gasteiger partial charge < -0.3 is 19.3 Å². The van der Waals surface area contributed by atoms with Crippen molar-refractivity contribution in [2.75, 3.05) is 16.6 Å². The van der Waals surface area contributed by atoms with Crippen molar-refractivity contribution in [2.24, 2.45) is 0 Å². The molecule has 0 saturated heterocycles. The van der Waals surface area contributed by atoms with Crippen LogP contribution >= 0.6 is 11.3 Å². The first kappa shape index (κ1) is 17.7. The van der Waals surface area contributed by atoms with Crippen molar-refractivity contribution < 1.29 is 18.3 Å². The summed E-state index contributed by atoms with van der Waals surface area (Å²) in [4.78, 5) is 16.2. The van der Waals surface area contributed by atoms with Crippen molar-refractivity contribution >= 4 is 39.9 Å². The average Bonchev–Trinajstić information content (AvgIpc) is 3.11. The van der Waals surface area contributed by atoms with E-state index in [2.05, 4.69) is 15.0 Å². The maximum atomic E-state index is 11.6. The molecule has 27 heavy (non-hydrogen) atoms. The van der Waals surface area contributed by atoms with E-state index in [0.29, 0.717) is 17.1 Å². The lowest BCUT2D eigenvalue weighted by atomic mass is 10.1. The van der Waals surface area contributed by atoms with Crippen molar-refractivity contribution in [1.29, 1.82) is 0 Å². The van der Waals surface area contributed by atoms with E-state index >= 15 is 0 Å². The predicted octanol–water partition coefficient (Wildman–Crippen LogP) is 3.32. The summed E-state index contributed by atoms with van der Waals surface area (Å²) in [5.74, 6) is 0.497. The van der Waals surface area contributed by atoms with E-state index < -0.39 is 11.3 Å². The summed E-state index contributed by atoms with van der Waals surface area (Å²) in [5, 5.41) is 5.51. The van der Waals surface area contributed by atoms with Gasteiger partial charge in [-0.3, -0.25) is 9.00 Å². The largest absolute Gasteiger partial charge is 0.755 e. The predicted molar refractivity (Wildman–Crippen MR) is 104 cm³/mol. The van der Waals surface area contributed by atoms with Gasteiger partial charge in [0.05, 0.1) is 11.4 Å². The van der Waals surface area contributed by atoms with Crippen LogP contribution in [-0.2, 0) is 16.1 Å². The molecule has 138 valence electrons. The molecule has 9 heteroatoms. The Kier molecular flexibility index (Phi) is 4.65. The van der Waals surface area contributed by atoms with Crippen LogP contribution in [0.4, 0.5) is 11.4 Å². The van der Waals surface area contributed by atoms with Gasteiger partial charge in [0.25, 0.3) is 5.91 Å². The molecule has 1 atom stereocenters. The number of thiazole rings is 1. The Bertz CT molecular complexity index is 1060. The number of aryl methyl sites for hydroxylation is 1. The quantitative estimate of drug-likeness (QED) is 0.654.